The lowest BCUT2D eigenvalue weighted by atomic mass is 10.2. The Morgan fingerprint density at radius 2 is 1.91 bits per heavy atom. The topological polar surface area (TPSA) is 73.7 Å². The number of carbonyl (C=O) groups excluding carboxylic acids is 1. The van der Waals surface area contributed by atoms with Gasteiger partial charge in [-0.2, -0.15) is 0 Å². The monoisotopic (exact) mass is 467 g/mol. The molecule has 0 aliphatic heterocycles. The molecule has 3 aromatic rings. The van der Waals surface area contributed by atoms with Gasteiger partial charge < -0.3 is 14.4 Å². The second-order valence-electron chi connectivity index (χ2n) is 8.16. The molecule has 0 N–H and O–H groups in total. The van der Waals surface area contributed by atoms with E-state index in [1.54, 1.807) is 43.1 Å². The molecule has 1 aromatic heterocycles. The zero-order valence-corrected chi connectivity index (χ0v) is 20.1. The Bertz CT molecular complexity index is 1210. The number of fused-ring (bicyclic) bond motifs is 1. The van der Waals surface area contributed by atoms with Gasteiger partial charge in [-0.15, -0.1) is 0 Å². The van der Waals surface area contributed by atoms with E-state index in [0.717, 1.165) is 19.5 Å². The molecule has 1 aliphatic rings. The molecular formula is C25H29N3O4S. The Morgan fingerprint density at radius 3 is 2.61 bits per heavy atom. The predicted octanol–water partition coefficient (Wildman–Crippen LogP) is 4.14. The average molecular weight is 468 g/mol. The highest BCUT2D eigenvalue weighted by Gasteiger charge is 2.26. The Morgan fingerprint density at radius 1 is 1.15 bits per heavy atom. The van der Waals surface area contributed by atoms with E-state index >= 15 is 0 Å². The first kappa shape index (κ1) is 23.2. The summed E-state index contributed by atoms with van der Waals surface area (Å²) in [4.78, 5) is 33.2. The van der Waals surface area contributed by atoms with Crippen LogP contribution in [-0.2, 0) is 4.79 Å². The van der Waals surface area contributed by atoms with Gasteiger partial charge in [0.05, 0.1) is 36.6 Å². The van der Waals surface area contributed by atoms with E-state index in [9.17, 15) is 9.59 Å². The fourth-order valence-electron chi connectivity index (χ4n) is 3.82. The first-order chi connectivity index (χ1) is 16.0. The van der Waals surface area contributed by atoms with E-state index in [2.05, 4.69) is 6.92 Å². The second-order valence-corrected chi connectivity index (χ2v) is 9.11. The van der Waals surface area contributed by atoms with Crippen molar-refractivity contribution in [1.82, 2.24) is 14.5 Å². The second kappa shape index (κ2) is 10.3. The first-order valence-corrected chi connectivity index (χ1v) is 12.2. The molecule has 1 aliphatic carbocycles. The van der Waals surface area contributed by atoms with Crippen LogP contribution in [0.2, 0.25) is 0 Å². The van der Waals surface area contributed by atoms with E-state index in [1.165, 1.54) is 24.6 Å². The van der Waals surface area contributed by atoms with Gasteiger partial charge in [0.25, 0.3) is 5.56 Å². The number of hydrogen-bond donors (Lipinski definition) is 0. The SMILES string of the molecule is CCCN(CC1CC1)C(=O)CSc1nc2ccccc2c(=O)n1-c1ccc(OC)c(OC)c1. The van der Waals surface area contributed by atoms with Crippen molar-refractivity contribution >= 4 is 28.6 Å². The van der Waals surface area contributed by atoms with E-state index in [0.29, 0.717) is 39.2 Å². The molecule has 33 heavy (non-hydrogen) atoms. The van der Waals surface area contributed by atoms with Crippen LogP contribution < -0.4 is 15.0 Å². The van der Waals surface area contributed by atoms with Gasteiger partial charge >= 0.3 is 0 Å². The van der Waals surface area contributed by atoms with E-state index in [-0.39, 0.29) is 17.2 Å². The molecule has 174 valence electrons. The lowest BCUT2D eigenvalue weighted by Crippen LogP contribution is -2.35. The standard InChI is InChI=1S/C25H29N3O4S/c1-4-13-27(15-17-9-10-17)23(29)16-33-25-26-20-8-6-5-7-19(20)24(30)28(25)18-11-12-21(31-2)22(14-18)32-3/h5-8,11-12,14,17H,4,9-10,13,15-16H2,1-3H3. The lowest BCUT2D eigenvalue weighted by molar-refractivity contribution is -0.128. The largest absolute Gasteiger partial charge is 0.493 e. The molecule has 4 rings (SSSR count). The summed E-state index contributed by atoms with van der Waals surface area (Å²) in [6, 6.07) is 12.6. The van der Waals surface area contributed by atoms with Crippen LogP contribution in [-0.4, -0.2) is 53.4 Å². The summed E-state index contributed by atoms with van der Waals surface area (Å²) in [5.74, 6) is 2.03. The summed E-state index contributed by atoms with van der Waals surface area (Å²) in [6.45, 7) is 3.66. The van der Waals surface area contributed by atoms with Crippen LogP contribution in [0.25, 0.3) is 16.6 Å². The number of carbonyl (C=O) groups is 1. The summed E-state index contributed by atoms with van der Waals surface area (Å²) in [5, 5.41) is 0.992. The third-order valence-corrected chi connectivity index (χ3v) is 6.64. The number of aromatic nitrogens is 2. The summed E-state index contributed by atoms with van der Waals surface area (Å²) >= 11 is 1.29. The van der Waals surface area contributed by atoms with Crippen molar-refractivity contribution in [2.24, 2.45) is 5.92 Å². The smallest absolute Gasteiger partial charge is 0.266 e. The molecule has 0 unspecified atom stereocenters. The minimum Gasteiger partial charge on any atom is -0.493 e. The van der Waals surface area contributed by atoms with Gasteiger partial charge in [-0.3, -0.25) is 14.2 Å². The summed E-state index contributed by atoms with van der Waals surface area (Å²) in [6.07, 6.45) is 3.32. The van der Waals surface area contributed by atoms with Crippen molar-refractivity contribution in [3.8, 4) is 17.2 Å². The highest BCUT2D eigenvalue weighted by molar-refractivity contribution is 7.99. The number of rotatable bonds is 10. The normalized spacial score (nSPS) is 13.2. The van der Waals surface area contributed by atoms with Gasteiger partial charge in [0.1, 0.15) is 0 Å². The zero-order valence-electron chi connectivity index (χ0n) is 19.2. The molecule has 7 nitrogen and oxygen atoms in total. The summed E-state index contributed by atoms with van der Waals surface area (Å²) < 4.78 is 12.3. The average Bonchev–Trinajstić information content (AvgIpc) is 3.66. The number of nitrogens with zero attached hydrogens (tertiary/aromatic N) is 3. The number of amides is 1. The van der Waals surface area contributed by atoms with Crippen molar-refractivity contribution in [2.75, 3.05) is 33.1 Å². The van der Waals surface area contributed by atoms with E-state index in [1.807, 2.05) is 23.1 Å². The maximum Gasteiger partial charge on any atom is 0.266 e. The van der Waals surface area contributed by atoms with Gasteiger partial charge in [-0.05, 0) is 49.4 Å². The summed E-state index contributed by atoms with van der Waals surface area (Å²) in [7, 11) is 3.12. The van der Waals surface area contributed by atoms with Crippen molar-refractivity contribution in [3.63, 3.8) is 0 Å². The lowest BCUT2D eigenvalue weighted by Gasteiger charge is -2.22. The fraction of sp³-hybridized carbons (Fsp3) is 0.400. The van der Waals surface area contributed by atoms with Crippen LogP contribution in [0, 0.1) is 5.92 Å². The molecule has 1 fully saturated rings. The van der Waals surface area contributed by atoms with Crippen LogP contribution in [0.5, 0.6) is 11.5 Å². The molecule has 0 atom stereocenters. The summed E-state index contributed by atoms with van der Waals surface area (Å²) in [5.41, 5.74) is 1.03. The molecule has 2 aromatic carbocycles. The molecule has 8 heteroatoms. The van der Waals surface area contributed by atoms with Crippen LogP contribution in [0.4, 0.5) is 0 Å². The van der Waals surface area contributed by atoms with Crippen LogP contribution >= 0.6 is 11.8 Å². The highest BCUT2D eigenvalue weighted by atomic mass is 32.2. The quantitative estimate of drug-likeness (QED) is 0.330. The fourth-order valence-corrected chi connectivity index (χ4v) is 4.73. The van der Waals surface area contributed by atoms with Crippen molar-refractivity contribution in [1.29, 1.82) is 0 Å². The minimum absolute atomic E-state index is 0.0787. The van der Waals surface area contributed by atoms with Crippen LogP contribution in [0.1, 0.15) is 26.2 Å². The zero-order chi connectivity index (χ0) is 23.4. The third-order valence-electron chi connectivity index (χ3n) is 5.72. The Kier molecular flexibility index (Phi) is 7.23. The van der Waals surface area contributed by atoms with E-state index < -0.39 is 0 Å². The Labute approximate surface area is 197 Å². The molecular weight excluding hydrogens is 438 g/mol. The highest BCUT2D eigenvalue weighted by Crippen LogP contribution is 2.32. The third kappa shape index (κ3) is 5.16. The minimum atomic E-state index is -0.189. The maximum absolute atomic E-state index is 13.5. The van der Waals surface area contributed by atoms with Crippen LogP contribution in [0.15, 0.2) is 52.4 Å². The number of ether oxygens (including phenoxy) is 2. The number of hydrogen-bond acceptors (Lipinski definition) is 6. The Hall–Kier alpha value is -3.00. The molecule has 0 radical (unpaired) electrons. The molecule has 1 heterocycles. The van der Waals surface area contributed by atoms with Gasteiger partial charge in [0.15, 0.2) is 16.7 Å². The molecule has 1 amide bonds. The van der Waals surface area contributed by atoms with Gasteiger partial charge in [-0.25, -0.2) is 4.98 Å². The predicted molar refractivity (Wildman–Crippen MR) is 131 cm³/mol. The number of methoxy groups -OCH3 is 2. The molecule has 1 saturated carbocycles. The molecule has 0 saturated heterocycles. The van der Waals surface area contributed by atoms with E-state index in [4.69, 9.17) is 14.5 Å². The Balaban J connectivity index is 1.71. The number of thioether (sulfide) groups is 1. The van der Waals surface area contributed by atoms with Crippen molar-refractivity contribution < 1.29 is 14.3 Å². The van der Waals surface area contributed by atoms with Crippen molar-refractivity contribution in [2.45, 2.75) is 31.3 Å². The van der Waals surface area contributed by atoms with Crippen LogP contribution in [0.3, 0.4) is 0 Å². The first-order valence-electron chi connectivity index (χ1n) is 11.2. The molecule has 0 bridgehead atoms. The van der Waals surface area contributed by atoms with Gasteiger partial charge in [-0.1, -0.05) is 30.8 Å². The number of para-hydroxylation sites is 1. The molecule has 0 spiro atoms. The number of benzene rings is 2. The maximum atomic E-state index is 13.5. The van der Waals surface area contributed by atoms with Crippen molar-refractivity contribution in [3.05, 3.63) is 52.8 Å². The van der Waals surface area contributed by atoms with Gasteiger partial charge in [0, 0.05) is 19.2 Å². The van der Waals surface area contributed by atoms with Gasteiger partial charge in [0.2, 0.25) is 5.91 Å².